The van der Waals surface area contributed by atoms with Crippen molar-refractivity contribution in [1.82, 2.24) is 15.6 Å². The summed E-state index contributed by atoms with van der Waals surface area (Å²) >= 11 is 1.55. The zero-order valence-electron chi connectivity index (χ0n) is 11.1. The first-order chi connectivity index (χ1) is 8.97. The van der Waals surface area contributed by atoms with Gasteiger partial charge >= 0.3 is 12.0 Å². The number of carboxylic acid groups (broad SMARTS) is 1. The van der Waals surface area contributed by atoms with Gasteiger partial charge in [0.2, 0.25) is 0 Å². The van der Waals surface area contributed by atoms with Crippen LogP contribution in [0.1, 0.15) is 29.7 Å². The summed E-state index contributed by atoms with van der Waals surface area (Å²) in [4.78, 5) is 27.2. The van der Waals surface area contributed by atoms with Crippen molar-refractivity contribution in [3.63, 3.8) is 0 Å². The van der Waals surface area contributed by atoms with Crippen LogP contribution >= 0.6 is 11.3 Å². The molecule has 0 aliphatic rings. The second-order valence-corrected chi connectivity index (χ2v) is 5.79. The number of thiazole rings is 1. The van der Waals surface area contributed by atoms with Gasteiger partial charge < -0.3 is 15.7 Å². The monoisotopic (exact) mass is 285 g/mol. The second-order valence-electron chi connectivity index (χ2n) is 4.47. The molecule has 0 saturated carbocycles. The van der Waals surface area contributed by atoms with E-state index in [0.29, 0.717) is 19.5 Å². The molecular weight excluding hydrogens is 266 g/mol. The number of urea groups is 1. The van der Waals surface area contributed by atoms with Crippen molar-refractivity contribution in [2.75, 3.05) is 6.54 Å². The summed E-state index contributed by atoms with van der Waals surface area (Å²) in [6.45, 7) is 4.75. The summed E-state index contributed by atoms with van der Waals surface area (Å²) in [5, 5.41) is 14.8. The molecule has 0 aromatic carbocycles. The van der Waals surface area contributed by atoms with Crippen molar-refractivity contribution in [3.8, 4) is 0 Å². The van der Waals surface area contributed by atoms with E-state index in [9.17, 15) is 9.59 Å². The van der Waals surface area contributed by atoms with Gasteiger partial charge in [-0.25, -0.2) is 9.78 Å². The van der Waals surface area contributed by atoms with E-state index in [1.807, 2.05) is 13.8 Å². The zero-order valence-corrected chi connectivity index (χ0v) is 11.9. The molecule has 0 fully saturated rings. The average molecular weight is 285 g/mol. The van der Waals surface area contributed by atoms with Gasteiger partial charge in [0.05, 0.1) is 6.54 Å². The molecular formula is C12H19N3O3S. The van der Waals surface area contributed by atoms with E-state index in [1.54, 1.807) is 17.5 Å². The molecule has 3 N–H and O–H groups in total. The molecule has 1 unspecified atom stereocenters. The molecule has 106 valence electrons. The van der Waals surface area contributed by atoms with Crippen LogP contribution in [0.25, 0.3) is 0 Å². The first-order valence-electron chi connectivity index (χ1n) is 6.12. The third-order valence-corrected chi connectivity index (χ3v) is 3.44. The molecule has 19 heavy (non-hydrogen) atoms. The summed E-state index contributed by atoms with van der Waals surface area (Å²) in [5.41, 5.74) is 0. The van der Waals surface area contributed by atoms with Crippen molar-refractivity contribution in [2.45, 2.75) is 33.2 Å². The fourth-order valence-corrected chi connectivity index (χ4v) is 2.17. The third kappa shape index (κ3) is 6.76. The Bertz CT molecular complexity index is 434. The van der Waals surface area contributed by atoms with Crippen LogP contribution in [-0.2, 0) is 11.3 Å². The number of hydrogen-bond donors (Lipinski definition) is 3. The Hall–Kier alpha value is -1.63. The maximum atomic E-state index is 11.5. The van der Waals surface area contributed by atoms with Crippen molar-refractivity contribution >= 4 is 23.3 Å². The molecule has 0 radical (unpaired) electrons. The van der Waals surface area contributed by atoms with Crippen LogP contribution in [0.2, 0.25) is 0 Å². The highest BCUT2D eigenvalue weighted by molar-refractivity contribution is 7.11. The quantitative estimate of drug-likeness (QED) is 0.711. The van der Waals surface area contributed by atoms with Crippen LogP contribution in [-0.4, -0.2) is 28.6 Å². The van der Waals surface area contributed by atoms with Crippen molar-refractivity contribution < 1.29 is 14.7 Å². The molecule has 7 heteroatoms. The van der Waals surface area contributed by atoms with Crippen LogP contribution in [0, 0.1) is 12.8 Å². The molecule has 0 saturated heterocycles. The lowest BCUT2D eigenvalue weighted by Gasteiger charge is -2.11. The Balaban J connectivity index is 2.15. The highest BCUT2D eigenvalue weighted by Crippen LogP contribution is 2.10. The van der Waals surface area contributed by atoms with Gasteiger partial charge in [-0.15, -0.1) is 11.3 Å². The number of aryl methyl sites for hydroxylation is 1. The van der Waals surface area contributed by atoms with E-state index in [2.05, 4.69) is 15.6 Å². The molecule has 1 rings (SSSR count). The average Bonchev–Trinajstić information content (AvgIpc) is 2.77. The molecule has 2 amide bonds. The number of nitrogens with zero attached hydrogens (tertiary/aromatic N) is 1. The molecule has 0 bridgehead atoms. The number of carboxylic acids is 1. The summed E-state index contributed by atoms with van der Waals surface area (Å²) < 4.78 is 0. The SMILES string of the molecule is Cc1cnc(CNC(=O)NCC(C)CCC(=O)O)s1. The van der Waals surface area contributed by atoms with Gasteiger partial charge in [0.15, 0.2) is 0 Å². The summed E-state index contributed by atoms with van der Waals surface area (Å²) in [5.74, 6) is -0.667. The van der Waals surface area contributed by atoms with E-state index >= 15 is 0 Å². The Morgan fingerprint density at radius 1 is 1.47 bits per heavy atom. The van der Waals surface area contributed by atoms with Gasteiger partial charge in [-0.2, -0.15) is 0 Å². The largest absolute Gasteiger partial charge is 0.481 e. The highest BCUT2D eigenvalue weighted by atomic mass is 32.1. The van der Waals surface area contributed by atoms with Crippen LogP contribution < -0.4 is 10.6 Å². The Morgan fingerprint density at radius 3 is 2.79 bits per heavy atom. The van der Waals surface area contributed by atoms with Gasteiger partial charge in [-0.3, -0.25) is 4.79 Å². The van der Waals surface area contributed by atoms with Gasteiger partial charge in [0.1, 0.15) is 5.01 Å². The van der Waals surface area contributed by atoms with Crippen molar-refractivity contribution in [2.24, 2.45) is 5.92 Å². The lowest BCUT2D eigenvalue weighted by molar-refractivity contribution is -0.137. The smallest absolute Gasteiger partial charge is 0.315 e. The molecule has 6 nitrogen and oxygen atoms in total. The fourth-order valence-electron chi connectivity index (χ4n) is 1.44. The zero-order chi connectivity index (χ0) is 14.3. The summed E-state index contributed by atoms with van der Waals surface area (Å²) in [6.07, 6.45) is 2.46. The molecule has 0 aliphatic carbocycles. The number of hydrogen-bond acceptors (Lipinski definition) is 4. The van der Waals surface area contributed by atoms with Crippen LogP contribution in [0.3, 0.4) is 0 Å². The van der Waals surface area contributed by atoms with Gasteiger partial charge in [0, 0.05) is 24.0 Å². The number of rotatable bonds is 7. The Labute approximate surface area is 116 Å². The normalized spacial score (nSPS) is 11.9. The topological polar surface area (TPSA) is 91.3 Å². The van der Waals surface area contributed by atoms with Crippen LogP contribution in [0.15, 0.2) is 6.20 Å². The number of nitrogens with one attached hydrogen (secondary N) is 2. The van der Waals surface area contributed by atoms with Gasteiger partial charge in [-0.05, 0) is 19.3 Å². The minimum Gasteiger partial charge on any atom is -0.481 e. The molecule has 1 aromatic rings. The molecule has 0 aliphatic heterocycles. The summed E-state index contributed by atoms with van der Waals surface area (Å²) in [6, 6.07) is -0.255. The predicted octanol–water partition coefficient (Wildman–Crippen LogP) is 1.75. The predicted molar refractivity (Wildman–Crippen MR) is 73.1 cm³/mol. The lowest BCUT2D eigenvalue weighted by atomic mass is 10.1. The molecule has 1 atom stereocenters. The first-order valence-corrected chi connectivity index (χ1v) is 6.94. The van der Waals surface area contributed by atoms with E-state index in [1.165, 1.54) is 0 Å². The van der Waals surface area contributed by atoms with Gasteiger partial charge in [-0.1, -0.05) is 6.92 Å². The second kappa shape index (κ2) is 7.73. The summed E-state index contributed by atoms with van der Waals surface area (Å²) in [7, 11) is 0. The number of amides is 2. The van der Waals surface area contributed by atoms with E-state index < -0.39 is 5.97 Å². The third-order valence-electron chi connectivity index (χ3n) is 2.53. The number of aliphatic carboxylic acids is 1. The van der Waals surface area contributed by atoms with E-state index in [0.717, 1.165) is 9.88 Å². The van der Waals surface area contributed by atoms with Crippen molar-refractivity contribution in [3.05, 3.63) is 16.1 Å². The van der Waals surface area contributed by atoms with Crippen LogP contribution in [0.5, 0.6) is 0 Å². The fraction of sp³-hybridized carbons (Fsp3) is 0.583. The highest BCUT2D eigenvalue weighted by Gasteiger charge is 2.08. The maximum Gasteiger partial charge on any atom is 0.315 e. The first kappa shape index (κ1) is 15.4. The molecule has 0 spiro atoms. The standard InChI is InChI=1S/C12H19N3O3S/c1-8(3-4-11(16)17)5-14-12(18)15-7-10-13-6-9(2)19-10/h6,8H,3-5,7H2,1-2H3,(H,16,17)(H2,14,15,18). The van der Waals surface area contributed by atoms with Crippen LogP contribution in [0.4, 0.5) is 4.79 Å². The van der Waals surface area contributed by atoms with E-state index in [-0.39, 0.29) is 18.4 Å². The number of carbonyl (C=O) groups excluding carboxylic acids is 1. The number of carbonyl (C=O) groups is 2. The van der Waals surface area contributed by atoms with E-state index in [4.69, 9.17) is 5.11 Å². The molecule has 1 heterocycles. The Morgan fingerprint density at radius 2 is 2.21 bits per heavy atom. The minimum atomic E-state index is -0.810. The lowest BCUT2D eigenvalue weighted by Crippen LogP contribution is -2.37. The minimum absolute atomic E-state index is 0.128. The number of aromatic nitrogens is 1. The van der Waals surface area contributed by atoms with Crippen molar-refractivity contribution in [1.29, 1.82) is 0 Å². The maximum absolute atomic E-state index is 11.5. The Kier molecular flexibility index (Phi) is 6.27. The van der Waals surface area contributed by atoms with Gasteiger partial charge in [0.25, 0.3) is 0 Å². The molecule has 1 aromatic heterocycles.